The van der Waals surface area contributed by atoms with Crippen LogP contribution in [-0.4, -0.2) is 68.5 Å². The fourth-order valence-electron chi connectivity index (χ4n) is 8.30. The normalized spacial score (nSPS) is 15.3. The quantitative estimate of drug-likeness (QED) is 0.0282. The molecule has 4 rings (SSSR count). The van der Waals surface area contributed by atoms with Gasteiger partial charge in [0.1, 0.15) is 8.64 Å². The lowest BCUT2D eigenvalue weighted by molar-refractivity contribution is -0.123. The fraction of sp³-hybridized carbons (Fsp3) is 0.667. The summed E-state index contributed by atoms with van der Waals surface area (Å²) in [5, 5.41) is 0. The zero-order chi connectivity index (χ0) is 48.9. The molecule has 8 nitrogen and oxygen atoms in total. The van der Waals surface area contributed by atoms with Gasteiger partial charge in [-0.25, -0.2) is 9.59 Å². The summed E-state index contributed by atoms with van der Waals surface area (Å²) in [6.07, 6.45) is 35.6. The fourth-order valence-corrected chi connectivity index (χ4v) is 13.4. The highest BCUT2D eigenvalue weighted by Crippen LogP contribution is 2.44. The van der Waals surface area contributed by atoms with Gasteiger partial charge in [-0.15, -0.1) is 22.7 Å². The second-order valence-electron chi connectivity index (χ2n) is 18.2. The Morgan fingerprint density at radius 3 is 1.09 bits per heavy atom. The summed E-state index contributed by atoms with van der Waals surface area (Å²) >= 11 is 16.7. The first-order valence-corrected chi connectivity index (χ1v) is 30.3. The monoisotopic (exact) mass is 1040 g/mol. The van der Waals surface area contributed by atoms with E-state index in [1.54, 1.807) is 21.9 Å². The molecule has 0 unspecified atom stereocenters. The molecule has 4 heterocycles. The molecule has 0 N–H and O–H groups in total. The van der Waals surface area contributed by atoms with Crippen molar-refractivity contribution in [2.75, 3.05) is 26.3 Å². The van der Waals surface area contributed by atoms with Crippen molar-refractivity contribution in [3.05, 3.63) is 42.8 Å². The Kier molecular flexibility index (Phi) is 29.2. The number of nitrogens with zero attached hydrogens (tertiary/aromatic N) is 2. The van der Waals surface area contributed by atoms with E-state index >= 15 is 0 Å². The Bertz CT molecular complexity index is 1830. The van der Waals surface area contributed by atoms with Crippen LogP contribution in [0.15, 0.2) is 21.9 Å². The van der Waals surface area contributed by atoms with Crippen molar-refractivity contribution in [2.24, 2.45) is 0 Å². The number of esters is 2. The largest absolute Gasteiger partial charge is 0.462 e. The topological polar surface area (TPSA) is 93.2 Å². The maximum Gasteiger partial charge on any atom is 0.339 e. The average molecular weight is 1050 g/mol. The number of thioether (sulfide) groups is 2. The van der Waals surface area contributed by atoms with E-state index in [4.69, 9.17) is 33.9 Å². The van der Waals surface area contributed by atoms with Gasteiger partial charge in [-0.05, 0) is 50.0 Å². The number of unbranched alkanes of at least 4 members (excludes halogenated alkanes) is 24. The molecule has 14 heteroatoms. The van der Waals surface area contributed by atoms with Crippen LogP contribution in [0.3, 0.4) is 0 Å². The molecule has 0 radical (unpaired) electrons. The van der Waals surface area contributed by atoms with E-state index < -0.39 is 11.9 Å². The van der Waals surface area contributed by atoms with E-state index in [1.807, 2.05) is 12.2 Å². The number of thiocarbonyl (C=S) groups is 2. The average Bonchev–Trinajstić information content (AvgIpc) is 4.08. The summed E-state index contributed by atoms with van der Waals surface area (Å²) in [6, 6.07) is 3.53. The van der Waals surface area contributed by atoms with E-state index in [0.29, 0.717) is 62.2 Å². The lowest BCUT2D eigenvalue weighted by Gasteiger charge is -2.14. The van der Waals surface area contributed by atoms with Crippen molar-refractivity contribution in [3.8, 4) is 9.75 Å². The van der Waals surface area contributed by atoms with E-state index in [9.17, 15) is 19.2 Å². The van der Waals surface area contributed by atoms with Gasteiger partial charge >= 0.3 is 11.9 Å². The van der Waals surface area contributed by atoms with E-state index in [-0.39, 0.29) is 25.0 Å². The predicted molar refractivity (Wildman–Crippen MR) is 300 cm³/mol. The van der Waals surface area contributed by atoms with E-state index in [1.165, 1.54) is 136 Å². The number of amides is 2. The van der Waals surface area contributed by atoms with Crippen molar-refractivity contribution in [3.63, 3.8) is 0 Å². The maximum absolute atomic E-state index is 14.0. The molecule has 0 saturated carbocycles. The molecule has 0 atom stereocenters. The van der Waals surface area contributed by atoms with Gasteiger partial charge < -0.3 is 9.47 Å². The third-order valence-electron chi connectivity index (χ3n) is 12.4. The van der Waals surface area contributed by atoms with Crippen LogP contribution in [-0.2, 0) is 19.1 Å². The molecule has 2 aliphatic heterocycles. The van der Waals surface area contributed by atoms with Gasteiger partial charge in [0.15, 0.2) is 0 Å². The van der Waals surface area contributed by atoms with Gasteiger partial charge in [0, 0.05) is 22.8 Å². The lowest BCUT2D eigenvalue weighted by atomic mass is 10.1. The second-order valence-corrected chi connectivity index (χ2v) is 23.7. The molecule has 2 aromatic rings. The lowest BCUT2D eigenvalue weighted by Crippen LogP contribution is -2.28. The van der Waals surface area contributed by atoms with Crippen molar-refractivity contribution >= 4 is 115 Å². The van der Waals surface area contributed by atoms with Gasteiger partial charge in [-0.1, -0.05) is 230 Å². The first kappa shape index (κ1) is 58.2. The standard InChI is InChI=1S/C54H80N2O6S6/c1-5-9-13-17-19-21-23-25-27-29-33-55-49(57)45(67-53(55)63)39-41-37-43(51(59)61-35-31-15-11-7-3)47(65-41)48-44(52(60)62-36-32-16-12-8-4)38-42(66-48)40-46-50(58)56(54(64)68-46)34-30-28-26-24-22-20-18-14-10-6-2/h37-40H,5-36H2,1-4H3/b45-39-,46-40-. The van der Waals surface area contributed by atoms with Crippen LogP contribution in [0.5, 0.6) is 0 Å². The Morgan fingerprint density at radius 1 is 0.471 bits per heavy atom. The molecule has 0 spiro atoms. The molecule has 68 heavy (non-hydrogen) atoms. The summed E-state index contributed by atoms with van der Waals surface area (Å²) in [6.45, 7) is 10.5. The molecular weight excluding hydrogens is 965 g/mol. The van der Waals surface area contributed by atoms with E-state index in [0.717, 1.165) is 89.9 Å². The Labute approximate surface area is 437 Å². The molecule has 378 valence electrons. The Balaban J connectivity index is 1.55. The second kappa shape index (κ2) is 34.1. The highest BCUT2D eigenvalue weighted by molar-refractivity contribution is 8.27. The van der Waals surface area contributed by atoms with Crippen LogP contribution in [0.1, 0.15) is 238 Å². The number of rotatable bonds is 37. The van der Waals surface area contributed by atoms with Gasteiger partial charge in [0.05, 0.1) is 43.9 Å². The number of hydrogen-bond donors (Lipinski definition) is 0. The summed E-state index contributed by atoms with van der Waals surface area (Å²) in [4.78, 5) is 62.5. The van der Waals surface area contributed by atoms with Crippen LogP contribution >= 0.6 is 70.6 Å². The summed E-state index contributed by atoms with van der Waals surface area (Å²) in [5.41, 5.74) is 0.650. The zero-order valence-corrected chi connectivity index (χ0v) is 46.6. The predicted octanol–water partition coefficient (Wildman–Crippen LogP) is 17.2. The number of thiophene rings is 2. The number of carbonyl (C=O) groups is 4. The molecule has 2 amide bonds. The van der Waals surface area contributed by atoms with Crippen LogP contribution in [0.2, 0.25) is 0 Å². The van der Waals surface area contributed by atoms with Gasteiger partial charge in [-0.2, -0.15) is 0 Å². The van der Waals surface area contributed by atoms with Crippen molar-refractivity contribution < 1.29 is 28.7 Å². The molecule has 2 aliphatic rings. The van der Waals surface area contributed by atoms with E-state index in [2.05, 4.69) is 27.7 Å². The molecule has 0 aromatic carbocycles. The van der Waals surface area contributed by atoms with Gasteiger partial charge in [0.25, 0.3) is 11.8 Å². The molecule has 2 saturated heterocycles. The first-order valence-electron chi connectivity index (χ1n) is 26.3. The Hall–Kier alpha value is -2.36. The molecule has 0 aliphatic carbocycles. The van der Waals surface area contributed by atoms with Crippen molar-refractivity contribution in [1.82, 2.24) is 9.80 Å². The van der Waals surface area contributed by atoms with Crippen LogP contribution in [0.4, 0.5) is 0 Å². The Morgan fingerprint density at radius 2 is 0.765 bits per heavy atom. The third kappa shape index (κ3) is 20.0. The summed E-state index contributed by atoms with van der Waals surface area (Å²) in [5.74, 6) is -1.21. The highest BCUT2D eigenvalue weighted by Gasteiger charge is 2.34. The minimum Gasteiger partial charge on any atom is -0.462 e. The minimum atomic E-state index is -0.484. The van der Waals surface area contributed by atoms with Gasteiger partial charge in [0.2, 0.25) is 0 Å². The molecular formula is C54H80N2O6S6. The number of carbonyl (C=O) groups excluding carboxylic acids is 4. The van der Waals surface area contributed by atoms with Crippen LogP contribution in [0.25, 0.3) is 21.9 Å². The van der Waals surface area contributed by atoms with Gasteiger partial charge in [-0.3, -0.25) is 19.4 Å². The molecule has 2 aromatic heterocycles. The summed E-state index contributed by atoms with van der Waals surface area (Å²) in [7, 11) is 0. The third-order valence-corrected chi connectivity index (χ3v) is 17.5. The minimum absolute atomic E-state index is 0.123. The smallest absolute Gasteiger partial charge is 0.339 e. The summed E-state index contributed by atoms with van der Waals surface area (Å²) < 4.78 is 12.8. The van der Waals surface area contributed by atoms with Crippen molar-refractivity contribution in [2.45, 2.75) is 207 Å². The zero-order valence-electron chi connectivity index (χ0n) is 41.7. The number of ether oxygens (including phenoxy) is 2. The highest BCUT2D eigenvalue weighted by atomic mass is 32.2. The molecule has 0 bridgehead atoms. The van der Waals surface area contributed by atoms with Crippen LogP contribution < -0.4 is 0 Å². The number of hydrogen-bond acceptors (Lipinski definition) is 12. The first-order chi connectivity index (χ1) is 33.1. The van der Waals surface area contributed by atoms with Crippen LogP contribution in [0, 0.1) is 0 Å². The SMILES string of the molecule is CCCCCCCCCCCCN1C(=O)/C(=C/c2cc(C(=O)OCCCCCC)c(-c3sc(/C=C4\SC(=S)N(CCCCCCCCCCCC)C4=O)cc3C(=O)OCCCCCC)s2)SC1=S. The van der Waals surface area contributed by atoms with Crippen molar-refractivity contribution in [1.29, 1.82) is 0 Å². The molecule has 2 fully saturated rings. The maximum atomic E-state index is 14.0.